The highest BCUT2D eigenvalue weighted by atomic mass is 16.5. The fourth-order valence-electron chi connectivity index (χ4n) is 2.65. The molecule has 4 heteroatoms. The SMILES string of the molecule is O=C(O)c1cccc2c1OCCN2CC1CCC1. The largest absolute Gasteiger partial charge is 0.489 e. The first-order valence-electron chi connectivity index (χ1n) is 6.50. The third kappa shape index (κ3) is 1.92. The van der Waals surface area contributed by atoms with Crippen LogP contribution in [0.1, 0.15) is 29.6 Å². The predicted molar refractivity (Wildman–Crippen MR) is 68.5 cm³/mol. The van der Waals surface area contributed by atoms with Crippen molar-refractivity contribution in [1.29, 1.82) is 0 Å². The molecule has 3 rings (SSSR count). The number of fused-ring (bicyclic) bond motifs is 1. The zero-order valence-corrected chi connectivity index (χ0v) is 10.3. The van der Waals surface area contributed by atoms with E-state index in [1.165, 1.54) is 19.3 Å². The summed E-state index contributed by atoms with van der Waals surface area (Å²) in [5.41, 5.74) is 1.21. The minimum absolute atomic E-state index is 0.269. The van der Waals surface area contributed by atoms with Gasteiger partial charge in [0.25, 0.3) is 0 Å². The molecule has 1 aliphatic carbocycles. The molecular formula is C14H17NO3. The highest BCUT2D eigenvalue weighted by Gasteiger charge is 2.27. The van der Waals surface area contributed by atoms with Crippen molar-refractivity contribution < 1.29 is 14.6 Å². The zero-order chi connectivity index (χ0) is 12.5. The number of anilines is 1. The number of aromatic carboxylic acids is 1. The van der Waals surface area contributed by atoms with Crippen molar-refractivity contribution in [2.45, 2.75) is 19.3 Å². The van der Waals surface area contributed by atoms with Gasteiger partial charge >= 0.3 is 5.97 Å². The van der Waals surface area contributed by atoms with Crippen molar-refractivity contribution in [3.8, 4) is 5.75 Å². The van der Waals surface area contributed by atoms with Gasteiger partial charge in [-0.15, -0.1) is 0 Å². The van der Waals surface area contributed by atoms with Crippen LogP contribution in [0, 0.1) is 5.92 Å². The molecule has 96 valence electrons. The number of carbonyl (C=O) groups is 1. The molecular weight excluding hydrogens is 230 g/mol. The van der Waals surface area contributed by atoms with E-state index in [0.717, 1.165) is 24.7 Å². The summed E-state index contributed by atoms with van der Waals surface area (Å²) in [6, 6.07) is 5.36. The number of hydrogen-bond donors (Lipinski definition) is 1. The maximum atomic E-state index is 11.2. The number of benzene rings is 1. The Bertz CT molecular complexity index is 468. The van der Waals surface area contributed by atoms with Gasteiger partial charge in [-0.2, -0.15) is 0 Å². The van der Waals surface area contributed by atoms with Crippen molar-refractivity contribution in [3.63, 3.8) is 0 Å². The minimum atomic E-state index is -0.919. The van der Waals surface area contributed by atoms with Crippen LogP contribution in [0.2, 0.25) is 0 Å². The molecule has 1 saturated carbocycles. The molecule has 0 amide bonds. The van der Waals surface area contributed by atoms with E-state index in [9.17, 15) is 4.79 Å². The Morgan fingerprint density at radius 2 is 2.28 bits per heavy atom. The molecule has 1 N–H and O–H groups in total. The fraction of sp³-hybridized carbons (Fsp3) is 0.500. The predicted octanol–water partition coefficient (Wildman–Crippen LogP) is 2.38. The normalized spacial score (nSPS) is 18.8. The summed E-state index contributed by atoms with van der Waals surface area (Å²) in [5.74, 6) is 0.386. The molecule has 0 aromatic heterocycles. The average Bonchev–Trinajstić information content (AvgIpc) is 2.33. The maximum Gasteiger partial charge on any atom is 0.339 e. The van der Waals surface area contributed by atoms with Crippen molar-refractivity contribution in [1.82, 2.24) is 0 Å². The van der Waals surface area contributed by atoms with E-state index in [0.29, 0.717) is 12.4 Å². The van der Waals surface area contributed by atoms with Crippen LogP contribution >= 0.6 is 0 Å². The van der Waals surface area contributed by atoms with Gasteiger partial charge in [0.2, 0.25) is 0 Å². The Morgan fingerprint density at radius 3 is 2.94 bits per heavy atom. The van der Waals surface area contributed by atoms with Crippen LogP contribution < -0.4 is 9.64 Å². The number of carboxylic acid groups (broad SMARTS) is 1. The molecule has 4 nitrogen and oxygen atoms in total. The highest BCUT2D eigenvalue weighted by Crippen LogP contribution is 2.37. The molecule has 0 radical (unpaired) electrons. The van der Waals surface area contributed by atoms with Gasteiger partial charge in [-0.1, -0.05) is 12.5 Å². The quantitative estimate of drug-likeness (QED) is 0.891. The van der Waals surface area contributed by atoms with Gasteiger partial charge in [0.05, 0.1) is 12.2 Å². The lowest BCUT2D eigenvalue weighted by atomic mass is 9.85. The number of rotatable bonds is 3. The molecule has 1 aromatic carbocycles. The number of hydrogen-bond acceptors (Lipinski definition) is 3. The summed E-state index contributed by atoms with van der Waals surface area (Å²) in [6.45, 7) is 2.45. The lowest BCUT2D eigenvalue weighted by molar-refractivity contribution is 0.0692. The Hall–Kier alpha value is -1.71. The zero-order valence-electron chi connectivity index (χ0n) is 10.3. The molecule has 18 heavy (non-hydrogen) atoms. The summed E-state index contributed by atoms with van der Waals surface area (Å²) in [4.78, 5) is 13.4. The Kier molecular flexibility index (Phi) is 2.86. The first kappa shape index (κ1) is 11.4. The van der Waals surface area contributed by atoms with E-state index < -0.39 is 5.97 Å². The van der Waals surface area contributed by atoms with Crippen molar-refractivity contribution >= 4 is 11.7 Å². The summed E-state index contributed by atoms with van der Waals surface area (Å²) < 4.78 is 5.56. The first-order valence-corrected chi connectivity index (χ1v) is 6.50. The Labute approximate surface area is 106 Å². The van der Waals surface area contributed by atoms with E-state index in [1.807, 2.05) is 6.07 Å². The monoisotopic (exact) mass is 247 g/mol. The molecule has 1 aromatic rings. The number of nitrogens with zero attached hydrogens (tertiary/aromatic N) is 1. The Balaban J connectivity index is 1.89. The maximum absolute atomic E-state index is 11.2. The standard InChI is InChI=1S/C14H17NO3/c16-14(17)11-5-2-6-12-13(11)18-8-7-15(12)9-10-3-1-4-10/h2,5-6,10H,1,3-4,7-9H2,(H,16,17). The highest BCUT2D eigenvalue weighted by molar-refractivity contribution is 5.93. The summed E-state index contributed by atoms with van der Waals surface area (Å²) in [6.07, 6.45) is 3.92. The topological polar surface area (TPSA) is 49.8 Å². The molecule has 2 aliphatic rings. The van der Waals surface area contributed by atoms with E-state index in [2.05, 4.69) is 4.90 Å². The van der Waals surface area contributed by atoms with Gasteiger partial charge in [0, 0.05) is 6.54 Å². The molecule has 1 fully saturated rings. The van der Waals surface area contributed by atoms with Crippen LogP contribution in [-0.4, -0.2) is 30.8 Å². The summed E-state index contributed by atoms with van der Waals surface area (Å²) in [7, 11) is 0. The van der Waals surface area contributed by atoms with Gasteiger partial charge in [0.1, 0.15) is 12.2 Å². The second-order valence-corrected chi connectivity index (χ2v) is 5.05. The van der Waals surface area contributed by atoms with Crippen molar-refractivity contribution in [2.75, 3.05) is 24.6 Å². The number of para-hydroxylation sites is 1. The summed E-state index contributed by atoms with van der Waals surface area (Å²) in [5, 5.41) is 9.17. The van der Waals surface area contributed by atoms with Crippen molar-refractivity contribution in [2.24, 2.45) is 5.92 Å². The smallest absolute Gasteiger partial charge is 0.339 e. The number of carboxylic acids is 1. The van der Waals surface area contributed by atoms with Gasteiger partial charge in [-0.25, -0.2) is 4.79 Å². The fourth-order valence-corrected chi connectivity index (χ4v) is 2.65. The molecule has 0 atom stereocenters. The van der Waals surface area contributed by atoms with E-state index in [4.69, 9.17) is 9.84 Å². The van der Waals surface area contributed by atoms with Crippen LogP contribution in [0.3, 0.4) is 0 Å². The minimum Gasteiger partial charge on any atom is -0.489 e. The second kappa shape index (κ2) is 4.52. The van der Waals surface area contributed by atoms with Crippen molar-refractivity contribution in [3.05, 3.63) is 23.8 Å². The van der Waals surface area contributed by atoms with Gasteiger partial charge < -0.3 is 14.7 Å². The van der Waals surface area contributed by atoms with Crippen LogP contribution in [0.5, 0.6) is 5.75 Å². The average molecular weight is 247 g/mol. The van der Waals surface area contributed by atoms with Crippen LogP contribution in [0.25, 0.3) is 0 Å². The molecule has 0 saturated heterocycles. The van der Waals surface area contributed by atoms with Gasteiger partial charge in [0.15, 0.2) is 5.75 Å². The van der Waals surface area contributed by atoms with E-state index in [-0.39, 0.29) is 5.56 Å². The second-order valence-electron chi connectivity index (χ2n) is 5.05. The van der Waals surface area contributed by atoms with Crippen LogP contribution in [0.15, 0.2) is 18.2 Å². The molecule has 1 heterocycles. The third-order valence-corrected chi connectivity index (χ3v) is 3.88. The molecule has 0 unspecified atom stereocenters. The lowest BCUT2D eigenvalue weighted by Crippen LogP contribution is -2.38. The van der Waals surface area contributed by atoms with Gasteiger partial charge in [-0.3, -0.25) is 0 Å². The third-order valence-electron chi connectivity index (χ3n) is 3.88. The molecule has 0 bridgehead atoms. The van der Waals surface area contributed by atoms with Gasteiger partial charge in [-0.05, 0) is 30.9 Å². The molecule has 0 spiro atoms. The van der Waals surface area contributed by atoms with Crippen LogP contribution in [0.4, 0.5) is 5.69 Å². The van der Waals surface area contributed by atoms with E-state index >= 15 is 0 Å². The lowest BCUT2D eigenvalue weighted by Gasteiger charge is -2.37. The van der Waals surface area contributed by atoms with E-state index in [1.54, 1.807) is 12.1 Å². The first-order chi connectivity index (χ1) is 8.75. The van der Waals surface area contributed by atoms with Crippen LogP contribution in [-0.2, 0) is 0 Å². The number of ether oxygens (including phenoxy) is 1. The molecule has 1 aliphatic heterocycles. The summed E-state index contributed by atoms with van der Waals surface area (Å²) >= 11 is 0. The Morgan fingerprint density at radius 1 is 1.44 bits per heavy atom.